The van der Waals surface area contributed by atoms with Gasteiger partial charge in [-0.05, 0) is 74.2 Å². The van der Waals surface area contributed by atoms with Gasteiger partial charge in [-0.2, -0.15) is 0 Å². The van der Waals surface area contributed by atoms with Gasteiger partial charge in [0.1, 0.15) is 12.4 Å². The lowest BCUT2D eigenvalue weighted by Crippen LogP contribution is -2.38. The number of hydrogen-bond acceptors (Lipinski definition) is 5. The minimum absolute atomic E-state index is 0. The second kappa shape index (κ2) is 14.1. The fourth-order valence-electron chi connectivity index (χ4n) is 3.86. The van der Waals surface area contributed by atoms with Gasteiger partial charge in [0.05, 0.1) is 18.6 Å². The van der Waals surface area contributed by atoms with Crippen molar-refractivity contribution in [2.24, 2.45) is 9.98 Å². The summed E-state index contributed by atoms with van der Waals surface area (Å²) < 4.78 is 5.63. The Morgan fingerprint density at radius 3 is 2.24 bits per heavy atom. The Bertz CT molecular complexity index is 1260. The van der Waals surface area contributed by atoms with E-state index >= 15 is 0 Å². The van der Waals surface area contributed by atoms with E-state index in [0.717, 1.165) is 49.4 Å². The highest BCUT2D eigenvalue weighted by molar-refractivity contribution is 14.0. The average Bonchev–Trinajstić information content (AvgIpc) is 2.88. The minimum Gasteiger partial charge on any atom is -0.492 e. The maximum absolute atomic E-state index is 6.04. The number of aliphatic imine (C=N–C) groups is 2. The Balaban J connectivity index is 0.000000220. The average molecular weight is 670 g/mol. The number of hydrogen-bond donors (Lipinski definition) is 3. The van der Waals surface area contributed by atoms with Crippen LogP contribution in [0, 0.1) is 0 Å². The smallest absolute Gasteiger partial charge is 0.196 e. The van der Waals surface area contributed by atoms with Gasteiger partial charge >= 0.3 is 0 Å². The lowest BCUT2D eigenvalue weighted by Gasteiger charge is -2.27. The molecule has 0 bridgehead atoms. The van der Waals surface area contributed by atoms with Crippen molar-refractivity contribution in [2.45, 2.75) is 25.9 Å². The molecule has 3 aromatic carbocycles. The first-order chi connectivity index (χ1) is 17.4. The molecular formula is C27H30Cl2IN5OS. The van der Waals surface area contributed by atoms with E-state index in [1.807, 2.05) is 73.0 Å². The summed E-state index contributed by atoms with van der Waals surface area (Å²) in [6, 6.07) is 21.8. The summed E-state index contributed by atoms with van der Waals surface area (Å²) in [5, 5.41) is 12.3. The van der Waals surface area contributed by atoms with Crippen LogP contribution in [0.4, 0.5) is 11.4 Å². The molecule has 0 saturated carbocycles. The number of halogens is 3. The molecule has 0 aliphatic carbocycles. The molecule has 0 fully saturated rings. The van der Waals surface area contributed by atoms with Crippen LogP contribution >= 0.6 is 58.9 Å². The van der Waals surface area contributed by atoms with Crippen LogP contribution in [0.25, 0.3) is 0 Å². The second-order valence-corrected chi connectivity index (χ2v) is 9.95. The molecular weight excluding hydrogens is 640 g/mol. The predicted molar refractivity (Wildman–Crippen MR) is 171 cm³/mol. The third-order valence-corrected chi connectivity index (χ3v) is 6.73. The number of amidine groups is 1. The zero-order valence-electron chi connectivity index (χ0n) is 20.8. The number of guanidine groups is 1. The molecule has 3 aromatic rings. The standard InChI is InChI=1S/C17H18ClN3O.C10H11ClN2S.HI/c1-12-15-11-13(18)7-8-16(15)21-17(20-12)19-9-10-22-14-5-3-2-4-6-14;1-6-8-5-7(11)3-4-9(8)13-10(12-6)14-2;/h2-8,11-12H,9-10H2,1H3,(H2,19,20,21);3-6H,1-2H3,(H,12,13);1H. The fraction of sp³-hybridized carbons (Fsp3) is 0.259. The highest BCUT2D eigenvalue weighted by Gasteiger charge is 2.19. The summed E-state index contributed by atoms with van der Waals surface area (Å²) in [6.07, 6.45) is 2.01. The van der Waals surface area contributed by atoms with Gasteiger partial charge in [0.25, 0.3) is 0 Å². The molecule has 3 N–H and O–H groups in total. The highest BCUT2D eigenvalue weighted by atomic mass is 127. The zero-order chi connectivity index (χ0) is 25.5. The number of nitrogens with one attached hydrogen (secondary N) is 3. The molecule has 0 spiro atoms. The van der Waals surface area contributed by atoms with E-state index in [4.69, 9.17) is 27.9 Å². The third kappa shape index (κ3) is 8.17. The van der Waals surface area contributed by atoms with Gasteiger partial charge < -0.3 is 20.7 Å². The van der Waals surface area contributed by atoms with Gasteiger partial charge in [-0.1, -0.05) is 53.2 Å². The molecule has 5 rings (SSSR count). The van der Waals surface area contributed by atoms with E-state index in [0.29, 0.717) is 13.2 Å². The third-order valence-electron chi connectivity index (χ3n) is 5.67. The number of para-hydroxylation sites is 1. The Labute approximate surface area is 249 Å². The molecule has 196 valence electrons. The van der Waals surface area contributed by atoms with Crippen LogP contribution in [0.15, 0.2) is 76.7 Å². The number of nitrogens with zero attached hydrogens (tertiary/aromatic N) is 2. The monoisotopic (exact) mass is 669 g/mol. The molecule has 2 aliphatic heterocycles. The zero-order valence-corrected chi connectivity index (χ0v) is 25.5. The van der Waals surface area contributed by atoms with E-state index in [-0.39, 0.29) is 36.1 Å². The number of anilines is 2. The summed E-state index contributed by atoms with van der Waals surface area (Å²) in [5.74, 6) is 1.62. The van der Waals surface area contributed by atoms with Crippen LogP contribution < -0.4 is 20.7 Å². The molecule has 0 saturated heterocycles. The van der Waals surface area contributed by atoms with E-state index in [2.05, 4.69) is 39.8 Å². The SMILES string of the molecule is CC1NC(=NCCOc2ccccc2)Nc2ccc(Cl)cc21.CSC1=NC(C)c2cc(Cl)ccc2N1.I. The van der Waals surface area contributed by atoms with Crippen LogP contribution in [-0.4, -0.2) is 30.5 Å². The van der Waals surface area contributed by atoms with Crippen LogP contribution in [-0.2, 0) is 0 Å². The molecule has 10 heteroatoms. The number of thioether (sulfide) groups is 1. The maximum atomic E-state index is 6.04. The summed E-state index contributed by atoms with van der Waals surface area (Å²) >= 11 is 13.6. The van der Waals surface area contributed by atoms with Crippen LogP contribution in [0.3, 0.4) is 0 Å². The summed E-state index contributed by atoms with van der Waals surface area (Å²) in [6.45, 7) is 5.29. The van der Waals surface area contributed by atoms with Crippen molar-refractivity contribution in [1.29, 1.82) is 0 Å². The molecule has 0 aromatic heterocycles. The van der Waals surface area contributed by atoms with Crippen molar-refractivity contribution in [3.63, 3.8) is 0 Å². The van der Waals surface area contributed by atoms with E-state index in [1.165, 1.54) is 0 Å². The molecule has 0 amide bonds. The van der Waals surface area contributed by atoms with Crippen LogP contribution in [0.5, 0.6) is 5.75 Å². The molecule has 2 heterocycles. The number of fused-ring (bicyclic) bond motifs is 2. The lowest BCUT2D eigenvalue weighted by molar-refractivity contribution is 0.328. The Kier molecular flexibility index (Phi) is 11.2. The first-order valence-corrected chi connectivity index (χ1v) is 13.6. The summed E-state index contributed by atoms with van der Waals surface area (Å²) in [5.41, 5.74) is 4.46. The van der Waals surface area contributed by atoms with Crippen LogP contribution in [0.2, 0.25) is 10.0 Å². The first kappa shape index (κ1) is 29.4. The quantitative estimate of drug-likeness (QED) is 0.194. The van der Waals surface area contributed by atoms with Crippen molar-refractivity contribution in [3.05, 3.63) is 87.9 Å². The topological polar surface area (TPSA) is 70.0 Å². The van der Waals surface area contributed by atoms with Crippen molar-refractivity contribution in [3.8, 4) is 5.75 Å². The maximum Gasteiger partial charge on any atom is 0.196 e. The van der Waals surface area contributed by atoms with Gasteiger partial charge in [-0.25, -0.2) is 4.99 Å². The fourth-order valence-corrected chi connectivity index (χ4v) is 4.70. The largest absolute Gasteiger partial charge is 0.492 e. The van der Waals surface area contributed by atoms with Crippen molar-refractivity contribution in [1.82, 2.24) is 5.32 Å². The van der Waals surface area contributed by atoms with E-state index in [9.17, 15) is 0 Å². The van der Waals surface area contributed by atoms with Crippen molar-refractivity contribution < 1.29 is 4.74 Å². The van der Waals surface area contributed by atoms with Gasteiger partial charge in [-0.15, -0.1) is 24.0 Å². The molecule has 2 aliphatic rings. The molecule has 0 radical (unpaired) electrons. The van der Waals surface area contributed by atoms with Crippen LogP contribution in [0.1, 0.15) is 37.1 Å². The number of rotatable bonds is 4. The molecule has 37 heavy (non-hydrogen) atoms. The van der Waals surface area contributed by atoms with Crippen molar-refractivity contribution in [2.75, 3.05) is 30.0 Å². The van der Waals surface area contributed by atoms with Gasteiger partial charge in [0.15, 0.2) is 11.1 Å². The predicted octanol–water partition coefficient (Wildman–Crippen LogP) is 8.01. The van der Waals surface area contributed by atoms with E-state index < -0.39 is 0 Å². The molecule has 6 nitrogen and oxygen atoms in total. The number of ether oxygens (including phenoxy) is 1. The minimum atomic E-state index is 0. The highest BCUT2D eigenvalue weighted by Crippen LogP contribution is 2.33. The normalized spacial score (nSPS) is 18.3. The summed E-state index contributed by atoms with van der Waals surface area (Å²) in [4.78, 5) is 9.00. The van der Waals surface area contributed by atoms with Crippen molar-refractivity contribution >= 4 is 81.4 Å². The number of benzene rings is 3. The Morgan fingerprint density at radius 1 is 0.919 bits per heavy atom. The molecule has 2 atom stereocenters. The Hall–Kier alpha value is -2.14. The second-order valence-electron chi connectivity index (χ2n) is 8.29. The first-order valence-electron chi connectivity index (χ1n) is 11.7. The lowest BCUT2D eigenvalue weighted by atomic mass is 10.0. The van der Waals surface area contributed by atoms with Gasteiger partial charge in [0, 0.05) is 27.0 Å². The van der Waals surface area contributed by atoms with E-state index in [1.54, 1.807) is 11.8 Å². The Morgan fingerprint density at radius 2 is 1.57 bits per heavy atom. The van der Waals surface area contributed by atoms with Gasteiger partial charge in [-0.3, -0.25) is 4.99 Å². The molecule has 2 unspecified atom stereocenters. The van der Waals surface area contributed by atoms with Gasteiger partial charge in [0.2, 0.25) is 0 Å². The summed E-state index contributed by atoms with van der Waals surface area (Å²) in [7, 11) is 0.